The molecule has 0 atom stereocenters. The van der Waals surface area contributed by atoms with Crippen LogP contribution in [0.1, 0.15) is 45.3 Å². The van der Waals surface area contributed by atoms with E-state index in [0.29, 0.717) is 30.0 Å². The molecule has 13 heteroatoms. The Labute approximate surface area is 197 Å². The molecular weight excluding hydrogens is 506 g/mol. The Kier molecular flexibility index (Phi) is 6.56. The molecule has 2 aromatic carbocycles. The zero-order chi connectivity index (χ0) is 25.5. The number of piperidine rings is 1. The Morgan fingerprint density at radius 2 is 1.49 bits per heavy atom. The molecule has 1 fully saturated rings. The molecule has 0 N–H and O–H groups in total. The summed E-state index contributed by atoms with van der Waals surface area (Å²) in [6.45, 7) is 0.141. The second kappa shape index (κ2) is 9.17. The predicted molar refractivity (Wildman–Crippen MR) is 110 cm³/mol. The summed E-state index contributed by atoms with van der Waals surface area (Å²) in [7, 11) is 0. The van der Waals surface area contributed by atoms with Crippen LogP contribution in [0.3, 0.4) is 0 Å². The predicted octanol–water partition coefficient (Wildman–Crippen LogP) is 6.54. The van der Waals surface area contributed by atoms with E-state index in [1.807, 2.05) is 0 Å². The third-order valence-corrected chi connectivity index (χ3v) is 6.69. The van der Waals surface area contributed by atoms with Crippen LogP contribution in [0.4, 0.5) is 35.1 Å². The minimum Gasteiger partial charge on any atom is -0.339 e. The second-order valence-electron chi connectivity index (χ2n) is 7.93. The highest BCUT2D eigenvalue weighted by Crippen LogP contribution is 2.38. The van der Waals surface area contributed by atoms with E-state index in [9.17, 15) is 39.9 Å². The maximum atomic E-state index is 14.0. The molecule has 0 radical (unpaired) electrons. The maximum Gasteiger partial charge on any atom is 0.416 e. The molecule has 2 heterocycles. The van der Waals surface area contributed by atoms with E-state index in [2.05, 4.69) is 10.2 Å². The van der Waals surface area contributed by atoms with Crippen molar-refractivity contribution in [1.82, 2.24) is 15.1 Å². The molecule has 0 saturated carbocycles. The summed E-state index contributed by atoms with van der Waals surface area (Å²) in [6, 6.07) is 3.84. The van der Waals surface area contributed by atoms with Crippen LogP contribution in [0, 0.1) is 11.6 Å². The van der Waals surface area contributed by atoms with Gasteiger partial charge in [-0.3, -0.25) is 4.79 Å². The van der Waals surface area contributed by atoms with E-state index in [0.717, 1.165) is 23.5 Å². The normalized spacial score (nSPS) is 15.5. The number of rotatable bonds is 3. The molecule has 1 aliphatic rings. The average Bonchev–Trinajstić information content (AvgIpc) is 3.27. The summed E-state index contributed by atoms with van der Waals surface area (Å²) >= 11 is 1.09. The zero-order valence-electron chi connectivity index (χ0n) is 17.6. The van der Waals surface area contributed by atoms with Crippen LogP contribution in [0.15, 0.2) is 36.4 Å². The van der Waals surface area contributed by atoms with Crippen molar-refractivity contribution >= 4 is 17.2 Å². The van der Waals surface area contributed by atoms with Gasteiger partial charge in [-0.25, -0.2) is 8.78 Å². The Morgan fingerprint density at radius 3 is 2.03 bits per heavy atom. The van der Waals surface area contributed by atoms with Crippen molar-refractivity contribution in [3.8, 4) is 10.6 Å². The molecule has 0 bridgehead atoms. The van der Waals surface area contributed by atoms with Gasteiger partial charge in [-0.2, -0.15) is 26.3 Å². The van der Waals surface area contributed by atoms with Crippen LogP contribution < -0.4 is 0 Å². The molecule has 1 aliphatic heterocycles. The van der Waals surface area contributed by atoms with Gasteiger partial charge in [-0.1, -0.05) is 11.3 Å². The Hall–Kier alpha value is -3.09. The number of alkyl halides is 6. The fourth-order valence-electron chi connectivity index (χ4n) is 3.76. The highest BCUT2D eigenvalue weighted by atomic mass is 32.1. The van der Waals surface area contributed by atoms with Crippen molar-refractivity contribution < 1.29 is 39.9 Å². The van der Waals surface area contributed by atoms with E-state index in [-0.39, 0.29) is 35.6 Å². The van der Waals surface area contributed by atoms with Gasteiger partial charge < -0.3 is 4.90 Å². The topological polar surface area (TPSA) is 46.1 Å². The average molecular weight is 521 g/mol. The zero-order valence-corrected chi connectivity index (χ0v) is 18.4. The first-order chi connectivity index (χ1) is 16.3. The molecule has 1 amide bonds. The van der Waals surface area contributed by atoms with Gasteiger partial charge in [0.2, 0.25) is 0 Å². The molecular formula is C22H15F8N3OS. The lowest BCUT2D eigenvalue weighted by molar-refractivity contribution is -0.143. The largest absolute Gasteiger partial charge is 0.416 e. The summed E-state index contributed by atoms with van der Waals surface area (Å²) in [5.41, 5.74) is -3.73. The molecule has 186 valence electrons. The summed E-state index contributed by atoms with van der Waals surface area (Å²) in [5.74, 6) is -2.67. The van der Waals surface area contributed by atoms with E-state index in [1.54, 1.807) is 0 Å². The monoisotopic (exact) mass is 521 g/mol. The Bertz CT molecular complexity index is 1210. The lowest BCUT2D eigenvalue weighted by Crippen LogP contribution is -2.38. The number of halogens is 8. The molecule has 0 spiro atoms. The van der Waals surface area contributed by atoms with E-state index in [4.69, 9.17) is 0 Å². The van der Waals surface area contributed by atoms with Crippen LogP contribution in [0.25, 0.3) is 10.6 Å². The Morgan fingerprint density at radius 1 is 0.886 bits per heavy atom. The van der Waals surface area contributed by atoms with Gasteiger partial charge in [-0.15, -0.1) is 10.2 Å². The highest BCUT2D eigenvalue weighted by molar-refractivity contribution is 7.14. The van der Waals surface area contributed by atoms with Gasteiger partial charge in [0.25, 0.3) is 5.91 Å². The molecule has 4 rings (SSSR count). The first-order valence-electron chi connectivity index (χ1n) is 10.2. The fourth-order valence-corrected chi connectivity index (χ4v) is 4.80. The van der Waals surface area contributed by atoms with Gasteiger partial charge in [0.05, 0.1) is 11.1 Å². The highest BCUT2D eigenvalue weighted by Gasteiger charge is 2.38. The van der Waals surface area contributed by atoms with Gasteiger partial charge in [-0.05, 0) is 43.2 Å². The smallest absolute Gasteiger partial charge is 0.339 e. The van der Waals surface area contributed by atoms with Crippen molar-refractivity contribution in [2.24, 2.45) is 0 Å². The number of likely N-dealkylation sites (tertiary alicyclic amines) is 1. The van der Waals surface area contributed by atoms with Gasteiger partial charge in [0.15, 0.2) is 5.01 Å². The summed E-state index contributed by atoms with van der Waals surface area (Å²) in [4.78, 5) is 13.9. The lowest BCUT2D eigenvalue weighted by atomic mass is 9.96. The standard InChI is InChI=1S/C22H15F8N3OS/c23-15-1-2-16(17(24)10-15)19-32-31-18(35-19)11-3-5-33(6-4-11)20(34)12-7-13(21(25,26)27)9-14(8-12)22(28,29)30/h1-2,7-11H,3-6H2. The minimum absolute atomic E-state index is 0.0278. The number of carbonyl (C=O) groups excluding carboxylic acids is 1. The molecule has 35 heavy (non-hydrogen) atoms. The summed E-state index contributed by atoms with van der Waals surface area (Å²) < 4.78 is 106. The van der Waals surface area contributed by atoms with Gasteiger partial charge >= 0.3 is 12.4 Å². The number of nitrogens with zero attached hydrogens (tertiary/aromatic N) is 3. The first-order valence-corrected chi connectivity index (χ1v) is 11.0. The van der Waals surface area contributed by atoms with Crippen molar-refractivity contribution in [3.05, 3.63) is 69.7 Å². The number of amides is 1. The van der Waals surface area contributed by atoms with Crippen LogP contribution in [0.2, 0.25) is 0 Å². The molecule has 1 aromatic heterocycles. The van der Waals surface area contributed by atoms with Gasteiger partial charge in [0.1, 0.15) is 16.6 Å². The van der Waals surface area contributed by atoms with Crippen LogP contribution >= 0.6 is 11.3 Å². The summed E-state index contributed by atoms with van der Waals surface area (Å²) in [6.07, 6.45) is -9.44. The van der Waals surface area contributed by atoms with E-state index >= 15 is 0 Å². The number of hydrogen-bond acceptors (Lipinski definition) is 4. The Balaban J connectivity index is 1.49. The second-order valence-corrected chi connectivity index (χ2v) is 8.94. The van der Waals surface area contributed by atoms with Crippen molar-refractivity contribution in [2.75, 3.05) is 13.1 Å². The van der Waals surface area contributed by atoms with Crippen LogP contribution in [-0.2, 0) is 12.4 Å². The van der Waals surface area contributed by atoms with Crippen molar-refractivity contribution in [2.45, 2.75) is 31.1 Å². The number of hydrogen-bond donors (Lipinski definition) is 0. The number of aromatic nitrogens is 2. The van der Waals surface area contributed by atoms with Crippen molar-refractivity contribution in [3.63, 3.8) is 0 Å². The number of carbonyl (C=O) groups is 1. The number of benzene rings is 2. The lowest BCUT2D eigenvalue weighted by Gasteiger charge is -2.31. The van der Waals surface area contributed by atoms with Gasteiger partial charge in [0, 0.05) is 36.2 Å². The molecule has 4 nitrogen and oxygen atoms in total. The quantitative estimate of drug-likeness (QED) is 0.368. The van der Waals surface area contributed by atoms with E-state index in [1.165, 1.54) is 11.0 Å². The molecule has 0 aliphatic carbocycles. The SMILES string of the molecule is O=C(c1cc(C(F)(F)F)cc(C(F)(F)F)c1)N1CCC(c2nnc(-c3ccc(F)cc3F)s2)CC1. The summed E-state index contributed by atoms with van der Waals surface area (Å²) in [5, 5.41) is 8.74. The van der Waals surface area contributed by atoms with Crippen molar-refractivity contribution in [1.29, 1.82) is 0 Å². The minimum atomic E-state index is -5.05. The molecule has 1 saturated heterocycles. The third kappa shape index (κ3) is 5.44. The van der Waals surface area contributed by atoms with Crippen LogP contribution in [0.5, 0.6) is 0 Å². The van der Waals surface area contributed by atoms with Crippen LogP contribution in [-0.4, -0.2) is 34.1 Å². The molecule has 3 aromatic rings. The van der Waals surface area contributed by atoms with E-state index < -0.39 is 46.6 Å². The third-order valence-electron chi connectivity index (χ3n) is 5.57. The maximum absolute atomic E-state index is 14.0. The first kappa shape index (κ1) is 25.0. The molecule has 0 unspecified atom stereocenters. The fraction of sp³-hybridized carbons (Fsp3) is 0.318.